The third kappa shape index (κ3) is 5.07. The highest BCUT2D eigenvalue weighted by atomic mass is 19.4. The molecule has 0 unspecified atom stereocenters. The molecule has 0 fully saturated rings. The number of pyridine rings is 1. The van der Waals surface area contributed by atoms with Gasteiger partial charge in [-0.1, -0.05) is 18.2 Å². The van der Waals surface area contributed by atoms with E-state index in [9.17, 15) is 13.2 Å². The van der Waals surface area contributed by atoms with Gasteiger partial charge in [0.1, 0.15) is 5.75 Å². The summed E-state index contributed by atoms with van der Waals surface area (Å²) in [5.41, 5.74) is 2.92. The molecule has 2 rings (SSSR count). The first kappa shape index (κ1) is 15.3. The van der Waals surface area contributed by atoms with Gasteiger partial charge in [0.2, 0.25) is 0 Å². The number of ether oxygens (including phenoxy) is 1. The Bertz CT molecular complexity index is 582. The van der Waals surface area contributed by atoms with Gasteiger partial charge in [-0.2, -0.15) is 0 Å². The van der Waals surface area contributed by atoms with Gasteiger partial charge in [0.15, 0.2) is 0 Å². The van der Waals surface area contributed by atoms with E-state index < -0.39 is 6.36 Å². The number of aromatic nitrogens is 1. The number of aryl methyl sites for hydroxylation is 1. The molecule has 3 nitrogen and oxygen atoms in total. The third-order valence-corrected chi connectivity index (χ3v) is 2.90. The highest BCUT2D eigenvalue weighted by Gasteiger charge is 2.30. The molecule has 1 heterocycles. The Kier molecular flexibility index (Phi) is 4.80. The molecule has 1 aromatic carbocycles. The predicted molar refractivity (Wildman–Crippen MR) is 72.6 cm³/mol. The maximum Gasteiger partial charge on any atom is 0.573 e. The Morgan fingerprint density at radius 2 is 1.81 bits per heavy atom. The summed E-state index contributed by atoms with van der Waals surface area (Å²) in [5, 5.41) is 3.20. The molecule has 0 amide bonds. The minimum atomic E-state index is -4.66. The number of hydrogen-bond donors (Lipinski definition) is 1. The van der Waals surface area contributed by atoms with E-state index in [1.54, 1.807) is 18.3 Å². The highest BCUT2D eigenvalue weighted by molar-refractivity contribution is 5.27. The van der Waals surface area contributed by atoms with Crippen LogP contribution in [0.25, 0.3) is 0 Å². The summed E-state index contributed by atoms with van der Waals surface area (Å²) < 4.78 is 39.9. The van der Waals surface area contributed by atoms with Gasteiger partial charge >= 0.3 is 6.36 Å². The van der Waals surface area contributed by atoms with Crippen molar-refractivity contribution in [3.05, 3.63) is 59.4 Å². The predicted octanol–water partition coefficient (Wildman–Crippen LogP) is 3.58. The first-order chi connectivity index (χ1) is 9.94. The lowest BCUT2D eigenvalue weighted by atomic mass is 10.2. The number of benzene rings is 1. The zero-order valence-corrected chi connectivity index (χ0v) is 11.4. The van der Waals surface area contributed by atoms with Gasteiger partial charge in [0.05, 0.1) is 5.69 Å². The molecule has 6 heteroatoms. The molecule has 0 saturated carbocycles. The van der Waals surface area contributed by atoms with E-state index >= 15 is 0 Å². The minimum absolute atomic E-state index is 0.216. The molecule has 0 aliphatic heterocycles. The van der Waals surface area contributed by atoms with Crippen molar-refractivity contribution in [3.8, 4) is 5.75 Å². The smallest absolute Gasteiger partial charge is 0.406 e. The van der Waals surface area contributed by atoms with Crippen molar-refractivity contribution in [2.45, 2.75) is 26.4 Å². The number of alkyl halides is 3. The Morgan fingerprint density at radius 1 is 1.10 bits per heavy atom. The van der Waals surface area contributed by atoms with Crippen molar-refractivity contribution in [1.29, 1.82) is 0 Å². The van der Waals surface area contributed by atoms with E-state index in [0.29, 0.717) is 13.1 Å². The lowest BCUT2D eigenvalue weighted by molar-refractivity contribution is -0.274. The molecule has 0 saturated heterocycles. The van der Waals surface area contributed by atoms with Crippen molar-refractivity contribution in [3.63, 3.8) is 0 Å². The van der Waals surface area contributed by atoms with Crippen LogP contribution < -0.4 is 10.1 Å². The fraction of sp³-hybridized carbons (Fsp3) is 0.267. The lowest BCUT2D eigenvalue weighted by Crippen LogP contribution is -2.17. The van der Waals surface area contributed by atoms with E-state index in [2.05, 4.69) is 15.0 Å². The van der Waals surface area contributed by atoms with Crippen LogP contribution in [0.1, 0.15) is 16.8 Å². The van der Waals surface area contributed by atoms with Gasteiger partial charge < -0.3 is 10.1 Å². The maximum atomic E-state index is 12.0. The Hall–Kier alpha value is -2.08. The molecule has 1 aromatic heterocycles. The number of hydrogen-bond acceptors (Lipinski definition) is 3. The summed E-state index contributed by atoms with van der Waals surface area (Å²) in [7, 11) is 0. The fourth-order valence-electron chi connectivity index (χ4n) is 1.84. The molecule has 2 aromatic rings. The summed E-state index contributed by atoms with van der Waals surface area (Å²) in [6, 6.07) is 9.65. The van der Waals surface area contributed by atoms with E-state index in [1.807, 2.05) is 19.1 Å². The first-order valence-electron chi connectivity index (χ1n) is 6.40. The van der Waals surface area contributed by atoms with E-state index in [-0.39, 0.29) is 5.75 Å². The second-order valence-corrected chi connectivity index (χ2v) is 4.56. The molecule has 112 valence electrons. The fourth-order valence-corrected chi connectivity index (χ4v) is 1.84. The van der Waals surface area contributed by atoms with Crippen molar-refractivity contribution in [1.82, 2.24) is 10.3 Å². The van der Waals surface area contributed by atoms with Crippen molar-refractivity contribution in [2.24, 2.45) is 0 Å². The SMILES string of the molecule is Cc1cccnc1CNCc1ccc(OC(F)(F)F)cc1. The summed E-state index contributed by atoms with van der Waals surface area (Å²) >= 11 is 0. The van der Waals surface area contributed by atoms with Gasteiger partial charge in [-0.05, 0) is 36.2 Å². The largest absolute Gasteiger partial charge is 0.573 e. The van der Waals surface area contributed by atoms with E-state index in [4.69, 9.17) is 0 Å². The minimum Gasteiger partial charge on any atom is -0.406 e. The van der Waals surface area contributed by atoms with Gasteiger partial charge in [0, 0.05) is 19.3 Å². The molecule has 0 bridgehead atoms. The van der Waals surface area contributed by atoms with Crippen LogP contribution in [0.4, 0.5) is 13.2 Å². The number of halogens is 3. The normalized spacial score (nSPS) is 11.4. The first-order valence-corrected chi connectivity index (χ1v) is 6.40. The maximum absolute atomic E-state index is 12.0. The molecule has 0 spiro atoms. The van der Waals surface area contributed by atoms with E-state index in [0.717, 1.165) is 16.8 Å². The van der Waals surface area contributed by atoms with Gasteiger partial charge in [-0.15, -0.1) is 13.2 Å². The molecular formula is C15H15F3N2O. The van der Waals surface area contributed by atoms with Crippen molar-refractivity contribution >= 4 is 0 Å². The number of rotatable bonds is 5. The molecule has 1 N–H and O–H groups in total. The summed E-state index contributed by atoms with van der Waals surface area (Å²) in [6.07, 6.45) is -2.93. The summed E-state index contributed by atoms with van der Waals surface area (Å²) in [5.74, 6) is -0.216. The number of nitrogens with zero attached hydrogens (tertiary/aromatic N) is 1. The third-order valence-electron chi connectivity index (χ3n) is 2.90. The molecule has 0 radical (unpaired) electrons. The molecular weight excluding hydrogens is 281 g/mol. The molecule has 21 heavy (non-hydrogen) atoms. The topological polar surface area (TPSA) is 34.2 Å². The average molecular weight is 296 g/mol. The second-order valence-electron chi connectivity index (χ2n) is 4.56. The molecule has 0 atom stereocenters. The molecule has 0 aliphatic rings. The monoisotopic (exact) mass is 296 g/mol. The van der Waals surface area contributed by atoms with Crippen LogP contribution in [0, 0.1) is 6.92 Å². The van der Waals surface area contributed by atoms with Crippen molar-refractivity contribution in [2.75, 3.05) is 0 Å². The van der Waals surface area contributed by atoms with Gasteiger partial charge in [-0.25, -0.2) is 0 Å². The van der Waals surface area contributed by atoms with Crippen LogP contribution in [0.3, 0.4) is 0 Å². The standard InChI is InChI=1S/C15H15F3N2O/c1-11-3-2-8-20-14(11)10-19-9-12-4-6-13(7-5-12)21-15(16,17)18/h2-8,19H,9-10H2,1H3. The van der Waals surface area contributed by atoms with Crippen LogP contribution in [0.2, 0.25) is 0 Å². The zero-order chi connectivity index (χ0) is 15.3. The zero-order valence-electron chi connectivity index (χ0n) is 11.4. The average Bonchev–Trinajstić information content (AvgIpc) is 2.41. The molecule has 0 aliphatic carbocycles. The Morgan fingerprint density at radius 3 is 2.43 bits per heavy atom. The Labute approximate surface area is 120 Å². The summed E-state index contributed by atoms with van der Waals surface area (Å²) in [6.45, 7) is 3.13. The van der Waals surface area contributed by atoms with Crippen LogP contribution in [0.5, 0.6) is 5.75 Å². The quantitative estimate of drug-likeness (QED) is 0.915. The summed E-state index contributed by atoms with van der Waals surface area (Å²) in [4.78, 5) is 4.26. The lowest BCUT2D eigenvalue weighted by Gasteiger charge is -2.10. The van der Waals surface area contributed by atoms with Crippen LogP contribution in [-0.2, 0) is 13.1 Å². The van der Waals surface area contributed by atoms with Crippen LogP contribution in [0.15, 0.2) is 42.6 Å². The van der Waals surface area contributed by atoms with E-state index in [1.165, 1.54) is 12.1 Å². The van der Waals surface area contributed by atoms with Crippen LogP contribution >= 0.6 is 0 Å². The van der Waals surface area contributed by atoms with Gasteiger partial charge in [0.25, 0.3) is 0 Å². The second kappa shape index (κ2) is 6.58. The number of nitrogens with one attached hydrogen (secondary N) is 1. The van der Waals surface area contributed by atoms with Gasteiger partial charge in [-0.3, -0.25) is 4.98 Å². The van der Waals surface area contributed by atoms with Crippen molar-refractivity contribution < 1.29 is 17.9 Å². The van der Waals surface area contributed by atoms with Crippen LogP contribution in [-0.4, -0.2) is 11.3 Å². The highest BCUT2D eigenvalue weighted by Crippen LogP contribution is 2.22. The Balaban J connectivity index is 1.85.